The van der Waals surface area contributed by atoms with E-state index in [0.717, 1.165) is 3.57 Å². The van der Waals surface area contributed by atoms with E-state index in [-0.39, 0.29) is 18.0 Å². The van der Waals surface area contributed by atoms with Crippen molar-refractivity contribution in [1.29, 1.82) is 0 Å². The van der Waals surface area contributed by atoms with Crippen LogP contribution < -0.4 is 4.74 Å². The number of hydrogen-bond donors (Lipinski definition) is 1. The van der Waals surface area contributed by atoms with Crippen LogP contribution in [0.4, 0.5) is 4.39 Å². The number of carboxylic acid groups (broad SMARTS) is 1. The summed E-state index contributed by atoms with van der Waals surface area (Å²) in [6.45, 7) is 0.191. The lowest BCUT2D eigenvalue weighted by molar-refractivity contribution is 0.0696. The third-order valence-corrected chi connectivity index (χ3v) is 3.35. The molecule has 0 radical (unpaired) electrons. The number of halogens is 2. The zero-order chi connectivity index (χ0) is 13.8. The minimum Gasteiger partial charge on any atom is -0.488 e. The number of carboxylic acids is 1. The van der Waals surface area contributed by atoms with E-state index in [1.165, 1.54) is 24.3 Å². The summed E-state index contributed by atoms with van der Waals surface area (Å²) in [6, 6.07) is 10.7. The largest absolute Gasteiger partial charge is 0.488 e. The van der Waals surface area contributed by atoms with Gasteiger partial charge in [0.2, 0.25) is 0 Å². The Morgan fingerprint density at radius 3 is 2.74 bits per heavy atom. The van der Waals surface area contributed by atoms with Gasteiger partial charge in [0.15, 0.2) is 0 Å². The number of hydrogen-bond acceptors (Lipinski definition) is 2. The van der Waals surface area contributed by atoms with Crippen LogP contribution in [0.2, 0.25) is 0 Å². The molecule has 19 heavy (non-hydrogen) atoms. The summed E-state index contributed by atoms with van der Waals surface area (Å²) >= 11 is 2.06. The van der Waals surface area contributed by atoms with Crippen LogP contribution in [0.3, 0.4) is 0 Å². The molecule has 0 amide bonds. The molecule has 0 heterocycles. The fourth-order valence-electron chi connectivity index (χ4n) is 1.53. The van der Waals surface area contributed by atoms with Gasteiger partial charge in [0.05, 0.1) is 9.13 Å². The molecule has 5 heteroatoms. The molecule has 0 saturated heterocycles. The smallest absolute Gasteiger partial charge is 0.335 e. The number of benzene rings is 2. The summed E-state index contributed by atoms with van der Waals surface area (Å²) < 4.78 is 19.3. The monoisotopic (exact) mass is 372 g/mol. The van der Waals surface area contributed by atoms with E-state index < -0.39 is 5.97 Å². The van der Waals surface area contributed by atoms with Gasteiger partial charge in [-0.2, -0.15) is 0 Å². The fraction of sp³-hybridized carbons (Fsp3) is 0.0714. The minimum absolute atomic E-state index is 0.162. The first-order chi connectivity index (χ1) is 9.06. The summed E-state index contributed by atoms with van der Waals surface area (Å²) in [4.78, 5) is 10.9. The zero-order valence-electron chi connectivity index (χ0n) is 9.77. The van der Waals surface area contributed by atoms with Crippen molar-refractivity contribution in [3.05, 3.63) is 63.0 Å². The zero-order valence-corrected chi connectivity index (χ0v) is 11.9. The lowest BCUT2D eigenvalue weighted by Crippen LogP contribution is -2.01. The summed E-state index contributed by atoms with van der Waals surface area (Å²) in [7, 11) is 0. The minimum atomic E-state index is -1.01. The molecule has 2 aromatic rings. The predicted octanol–water partition coefficient (Wildman–Crippen LogP) is 3.71. The highest BCUT2D eigenvalue weighted by Crippen LogP contribution is 2.23. The van der Waals surface area contributed by atoms with Crippen molar-refractivity contribution >= 4 is 28.6 Å². The maximum atomic E-state index is 13.0. The molecule has 0 fully saturated rings. The van der Waals surface area contributed by atoms with Crippen molar-refractivity contribution in [1.82, 2.24) is 0 Å². The van der Waals surface area contributed by atoms with Gasteiger partial charge in [0, 0.05) is 0 Å². The van der Waals surface area contributed by atoms with E-state index in [0.29, 0.717) is 11.3 Å². The van der Waals surface area contributed by atoms with Gasteiger partial charge in [0.1, 0.15) is 18.2 Å². The second-order valence-electron chi connectivity index (χ2n) is 3.87. The SMILES string of the molecule is O=C(O)c1ccc(I)c(OCc2cccc(F)c2)c1. The highest BCUT2D eigenvalue weighted by molar-refractivity contribution is 14.1. The van der Waals surface area contributed by atoms with Crippen LogP contribution in [-0.4, -0.2) is 11.1 Å². The second-order valence-corrected chi connectivity index (χ2v) is 5.03. The molecule has 0 atom stereocenters. The average Bonchev–Trinajstić information content (AvgIpc) is 2.37. The fourth-order valence-corrected chi connectivity index (χ4v) is 2.03. The van der Waals surface area contributed by atoms with E-state index >= 15 is 0 Å². The summed E-state index contributed by atoms with van der Waals surface area (Å²) in [5.41, 5.74) is 0.853. The van der Waals surface area contributed by atoms with Crippen LogP contribution in [0, 0.1) is 9.39 Å². The lowest BCUT2D eigenvalue weighted by atomic mass is 10.2. The van der Waals surface area contributed by atoms with E-state index in [9.17, 15) is 9.18 Å². The van der Waals surface area contributed by atoms with Gasteiger partial charge >= 0.3 is 5.97 Å². The third-order valence-electron chi connectivity index (χ3n) is 2.46. The molecule has 3 nitrogen and oxygen atoms in total. The molecular weight excluding hydrogens is 362 g/mol. The molecule has 0 aromatic heterocycles. The van der Waals surface area contributed by atoms with Crippen LogP contribution in [0.5, 0.6) is 5.75 Å². The Bertz CT molecular complexity index is 613. The van der Waals surface area contributed by atoms with Gasteiger partial charge in [-0.05, 0) is 58.5 Å². The normalized spacial score (nSPS) is 10.2. The highest BCUT2D eigenvalue weighted by atomic mass is 127. The van der Waals surface area contributed by atoms with Crippen molar-refractivity contribution in [2.45, 2.75) is 6.61 Å². The number of ether oxygens (including phenoxy) is 1. The van der Waals surface area contributed by atoms with Gasteiger partial charge in [-0.15, -0.1) is 0 Å². The predicted molar refractivity (Wildman–Crippen MR) is 76.9 cm³/mol. The lowest BCUT2D eigenvalue weighted by Gasteiger charge is -2.09. The van der Waals surface area contributed by atoms with E-state index in [1.807, 2.05) is 0 Å². The third kappa shape index (κ3) is 3.66. The molecule has 0 saturated carbocycles. The van der Waals surface area contributed by atoms with Crippen molar-refractivity contribution < 1.29 is 19.0 Å². The van der Waals surface area contributed by atoms with Crippen molar-refractivity contribution in [3.8, 4) is 5.75 Å². The Hall–Kier alpha value is -1.63. The van der Waals surface area contributed by atoms with Crippen LogP contribution in [0.1, 0.15) is 15.9 Å². The molecule has 0 bridgehead atoms. The Morgan fingerprint density at radius 2 is 2.05 bits per heavy atom. The summed E-state index contributed by atoms with van der Waals surface area (Å²) in [6.07, 6.45) is 0. The Kier molecular flexibility index (Phi) is 4.36. The first-order valence-electron chi connectivity index (χ1n) is 5.46. The van der Waals surface area contributed by atoms with Crippen LogP contribution >= 0.6 is 22.6 Å². The molecule has 0 spiro atoms. The van der Waals surface area contributed by atoms with Gasteiger partial charge in [-0.1, -0.05) is 12.1 Å². The second kappa shape index (κ2) is 6.01. The maximum absolute atomic E-state index is 13.0. The number of carbonyl (C=O) groups is 1. The first kappa shape index (κ1) is 13.8. The van der Waals surface area contributed by atoms with Crippen molar-refractivity contribution in [2.75, 3.05) is 0 Å². The maximum Gasteiger partial charge on any atom is 0.335 e. The van der Waals surface area contributed by atoms with Crippen LogP contribution in [-0.2, 0) is 6.61 Å². The Morgan fingerprint density at radius 1 is 1.26 bits per heavy atom. The molecule has 0 aliphatic carbocycles. The van der Waals surface area contributed by atoms with Gasteiger partial charge in [0.25, 0.3) is 0 Å². The van der Waals surface area contributed by atoms with Crippen molar-refractivity contribution in [2.24, 2.45) is 0 Å². The standard InChI is InChI=1S/C14H10FIO3/c15-11-3-1-2-9(6-11)8-19-13-7-10(14(17)18)4-5-12(13)16/h1-7H,8H2,(H,17,18). The number of rotatable bonds is 4. The number of aromatic carboxylic acids is 1. The van der Waals surface area contributed by atoms with Gasteiger partial charge in [-0.25, -0.2) is 9.18 Å². The molecule has 1 N–H and O–H groups in total. The molecule has 2 rings (SSSR count). The molecule has 0 aliphatic rings. The molecule has 98 valence electrons. The highest BCUT2D eigenvalue weighted by Gasteiger charge is 2.08. The topological polar surface area (TPSA) is 46.5 Å². The van der Waals surface area contributed by atoms with Crippen LogP contribution in [0.15, 0.2) is 42.5 Å². The Balaban J connectivity index is 2.15. The van der Waals surface area contributed by atoms with Crippen molar-refractivity contribution in [3.63, 3.8) is 0 Å². The summed E-state index contributed by atoms with van der Waals surface area (Å²) in [5, 5.41) is 8.91. The summed E-state index contributed by atoms with van der Waals surface area (Å²) in [5.74, 6) is -0.855. The van der Waals surface area contributed by atoms with Gasteiger partial charge < -0.3 is 9.84 Å². The molecule has 0 aliphatic heterocycles. The quantitative estimate of drug-likeness (QED) is 0.833. The Labute approximate surface area is 123 Å². The van der Waals surface area contributed by atoms with Gasteiger partial charge in [-0.3, -0.25) is 0 Å². The molecular formula is C14H10FIO3. The van der Waals surface area contributed by atoms with E-state index in [4.69, 9.17) is 9.84 Å². The molecule has 0 unspecified atom stereocenters. The average molecular weight is 372 g/mol. The molecule has 2 aromatic carbocycles. The van der Waals surface area contributed by atoms with E-state index in [1.54, 1.807) is 18.2 Å². The van der Waals surface area contributed by atoms with Crippen LogP contribution in [0.25, 0.3) is 0 Å². The van der Waals surface area contributed by atoms with E-state index in [2.05, 4.69) is 22.6 Å². The first-order valence-corrected chi connectivity index (χ1v) is 6.54.